The Morgan fingerprint density at radius 2 is 2.22 bits per heavy atom. The standard InChI is InChI=1S/C13H15ClN2O2/c1-3-16-11(6-7-15-16)13(17)10-5-4-9(14)8-12(10)18-2/h4-8,13,17H,3H2,1-2H3. The zero-order valence-electron chi connectivity index (χ0n) is 10.3. The van der Waals surface area contributed by atoms with E-state index in [1.54, 1.807) is 42.3 Å². The van der Waals surface area contributed by atoms with Crippen LogP contribution in [0, 0.1) is 0 Å². The third-order valence-electron chi connectivity index (χ3n) is 2.82. The molecule has 4 nitrogen and oxygen atoms in total. The van der Waals surface area contributed by atoms with Gasteiger partial charge < -0.3 is 9.84 Å². The van der Waals surface area contributed by atoms with Crippen LogP contribution in [0.15, 0.2) is 30.5 Å². The van der Waals surface area contributed by atoms with Gasteiger partial charge in [0.05, 0.1) is 12.8 Å². The van der Waals surface area contributed by atoms with Crippen LogP contribution in [-0.2, 0) is 6.54 Å². The van der Waals surface area contributed by atoms with Crippen LogP contribution in [0.3, 0.4) is 0 Å². The number of benzene rings is 1. The lowest BCUT2D eigenvalue weighted by Gasteiger charge is -2.16. The number of aromatic nitrogens is 2. The number of hydrogen-bond donors (Lipinski definition) is 1. The van der Waals surface area contributed by atoms with Gasteiger partial charge in [-0.15, -0.1) is 0 Å². The highest BCUT2D eigenvalue weighted by Gasteiger charge is 2.18. The van der Waals surface area contributed by atoms with Crippen molar-refractivity contribution in [2.75, 3.05) is 7.11 Å². The van der Waals surface area contributed by atoms with E-state index in [2.05, 4.69) is 5.10 Å². The van der Waals surface area contributed by atoms with Crippen molar-refractivity contribution in [3.05, 3.63) is 46.7 Å². The predicted molar refractivity (Wildman–Crippen MR) is 70.0 cm³/mol. The van der Waals surface area contributed by atoms with Gasteiger partial charge in [0, 0.05) is 23.3 Å². The molecule has 0 bridgehead atoms. The van der Waals surface area contributed by atoms with Crippen molar-refractivity contribution in [1.29, 1.82) is 0 Å². The molecule has 0 saturated heterocycles. The highest BCUT2D eigenvalue weighted by atomic mass is 35.5. The van der Waals surface area contributed by atoms with E-state index in [1.807, 2.05) is 6.92 Å². The summed E-state index contributed by atoms with van der Waals surface area (Å²) in [6.07, 6.45) is 0.893. The van der Waals surface area contributed by atoms with Gasteiger partial charge in [-0.1, -0.05) is 17.7 Å². The molecule has 96 valence electrons. The average Bonchev–Trinajstić information content (AvgIpc) is 2.86. The first-order valence-electron chi connectivity index (χ1n) is 5.70. The minimum absolute atomic E-state index is 0.568. The van der Waals surface area contributed by atoms with Gasteiger partial charge in [0.1, 0.15) is 11.9 Å². The van der Waals surface area contributed by atoms with Crippen LogP contribution < -0.4 is 4.74 Å². The summed E-state index contributed by atoms with van der Waals surface area (Å²) in [4.78, 5) is 0. The highest BCUT2D eigenvalue weighted by Crippen LogP contribution is 2.31. The number of ether oxygens (including phenoxy) is 1. The summed E-state index contributed by atoms with van der Waals surface area (Å²) < 4.78 is 6.99. The number of halogens is 1. The normalized spacial score (nSPS) is 12.4. The summed E-state index contributed by atoms with van der Waals surface area (Å²) in [5.41, 5.74) is 1.41. The van der Waals surface area contributed by atoms with Gasteiger partial charge in [-0.05, 0) is 25.1 Å². The fourth-order valence-corrected chi connectivity index (χ4v) is 2.07. The Balaban J connectivity index is 2.42. The van der Waals surface area contributed by atoms with Crippen molar-refractivity contribution >= 4 is 11.6 Å². The molecule has 1 atom stereocenters. The van der Waals surface area contributed by atoms with Crippen LogP contribution in [0.2, 0.25) is 5.02 Å². The first-order chi connectivity index (χ1) is 8.67. The second kappa shape index (κ2) is 5.42. The molecule has 1 aromatic heterocycles. The number of aliphatic hydroxyl groups excluding tert-OH is 1. The summed E-state index contributed by atoms with van der Waals surface area (Å²) in [5.74, 6) is 0.568. The van der Waals surface area contributed by atoms with Crippen LogP contribution in [0.25, 0.3) is 0 Å². The van der Waals surface area contributed by atoms with Crippen molar-refractivity contribution in [1.82, 2.24) is 9.78 Å². The van der Waals surface area contributed by atoms with E-state index in [4.69, 9.17) is 16.3 Å². The molecule has 0 aliphatic heterocycles. The van der Waals surface area contributed by atoms with E-state index < -0.39 is 6.10 Å². The molecule has 0 radical (unpaired) electrons. The van der Waals surface area contributed by atoms with Crippen LogP contribution in [0.5, 0.6) is 5.75 Å². The van der Waals surface area contributed by atoms with Crippen LogP contribution in [-0.4, -0.2) is 22.0 Å². The van der Waals surface area contributed by atoms with Crippen molar-refractivity contribution < 1.29 is 9.84 Å². The van der Waals surface area contributed by atoms with Gasteiger partial charge in [0.25, 0.3) is 0 Å². The molecule has 0 fully saturated rings. The molecule has 2 rings (SSSR count). The molecule has 1 unspecified atom stereocenters. The third kappa shape index (κ3) is 2.35. The van der Waals surface area contributed by atoms with E-state index in [0.717, 1.165) is 5.69 Å². The molecular weight excluding hydrogens is 252 g/mol. The van der Waals surface area contributed by atoms with E-state index in [-0.39, 0.29) is 0 Å². The molecule has 0 saturated carbocycles. The summed E-state index contributed by atoms with van der Waals surface area (Å²) in [5, 5.41) is 15.1. The Labute approximate surface area is 111 Å². The number of aryl methyl sites for hydroxylation is 1. The Morgan fingerprint density at radius 1 is 1.44 bits per heavy atom. The van der Waals surface area contributed by atoms with Gasteiger partial charge in [0.15, 0.2) is 0 Å². The van der Waals surface area contributed by atoms with E-state index >= 15 is 0 Å². The lowest BCUT2D eigenvalue weighted by Crippen LogP contribution is -2.10. The average molecular weight is 267 g/mol. The maximum absolute atomic E-state index is 10.4. The number of methoxy groups -OCH3 is 1. The van der Waals surface area contributed by atoms with E-state index in [0.29, 0.717) is 22.9 Å². The molecule has 1 heterocycles. The molecule has 0 aliphatic rings. The number of rotatable bonds is 4. The summed E-state index contributed by atoms with van der Waals surface area (Å²) in [6, 6.07) is 6.98. The van der Waals surface area contributed by atoms with Crippen LogP contribution >= 0.6 is 11.6 Å². The van der Waals surface area contributed by atoms with Gasteiger partial charge in [-0.2, -0.15) is 5.10 Å². The molecular formula is C13H15ClN2O2. The third-order valence-corrected chi connectivity index (χ3v) is 3.05. The molecule has 18 heavy (non-hydrogen) atoms. The van der Waals surface area contributed by atoms with Crippen LogP contribution in [0.1, 0.15) is 24.3 Å². The monoisotopic (exact) mass is 266 g/mol. The first-order valence-corrected chi connectivity index (χ1v) is 6.08. The maximum atomic E-state index is 10.4. The molecule has 5 heteroatoms. The fourth-order valence-electron chi connectivity index (χ4n) is 1.91. The van der Waals surface area contributed by atoms with Crippen molar-refractivity contribution in [3.8, 4) is 5.75 Å². The minimum atomic E-state index is -0.778. The molecule has 2 aromatic rings. The van der Waals surface area contributed by atoms with Crippen molar-refractivity contribution in [2.24, 2.45) is 0 Å². The second-order valence-corrected chi connectivity index (χ2v) is 4.30. The number of hydrogen-bond acceptors (Lipinski definition) is 3. The molecule has 0 amide bonds. The van der Waals surface area contributed by atoms with E-state index in [1.165, 1.54) is 0 Å². The van der Waals surface area contributed by atoms with Crippen molar-refractivity contribution in [3.63, 3.8) is 0 Å². The summed E-state index contributed by atoms with van der Waals surface area (Å²) in [7, 11) is 1.55. The fraction of sp³-hybridized carbons (Fsp3) is 0.308. The second-order valence-electron chi connectivity index (χ2n) is 3.86. The van der Waals surface area contributed by atoms with Gasteiger partial charge in [0.2, 0.25) is 0 Å². The van der Waals surface area contributed by atoms with Crippen LogP contribution in [0.4, 0.5) is 0 Å². The summed E-state index contributed by atoms with van der Waals surface area (Å²) >= 11 is 5.90. The molecule has 0 spiro atoms. The number of aliphatic hydroxyl groups is 1. The quantitative estimate of drug-likeness (QED) is 0.925. The largest absolute Gasteiger partial charge is 0.496 e. The first kappa shape index (κ1) is 12.9. The lowest BCUT2D eigenvalue weighted by molar-refractivity contribution is 0.203. The van der Waals surface area contributed by atoms with Gasteiger partial charge in [-0.3, -0.25) is 4.68 Å². The Hall–Kier alpha value is -1.52. The Bertz CT molecular complexity index is 540. The molecule has 1 aromatic carbocycles. The van der Waals surface area contributed by atoms with Crippen molar-refractivity contribution in [2.45, 2.75) is 19.6 Å². The highest BCUT2D eigenvalue weighted by molar-refractivity contribution is 6.30. The molecule has 0 aliphatic carbocycles. The smallest absolute Gasteiger partial charge is 0.126 e. The number of nitrogens with zero attached hydrogens (tertiary/aromatic N) is 2. The van der Waals surface area contributed by atoms with E-state index in [9.17, 15) is 5.11 Å². The van der Waals surface area contributed by atoms with Gasteiger partial charge >= 0.3 is 0 Å². The van der Waals surface area contributed by atoms with Gasteiger partial charge in [-0.25, -0.2) is 0 Å². The predicted octanol–water partition coefficient (Wildman–Crippen LogP) is 2.65. The SMILES string of the molecule is CCn1nccc1C(O)c1ccc(Cl)cc1OC. The lowest BCUT2D eigenvalue weighted by atomic mass is 10.1. The zero-order valence-corrected chi connectivity index (χ0v) is 11.1. The topological polar surface area (TPSA) is 47.3 Å². The Kier molecular flexibility index (Phi) is 3.89. The maximum Gasteiger partial charge on any atom is 0.126 e. The summed E-state index contributed by atoms with van der Waals surface area (Å²) in [6.45, 7) is 2.68. The minimum Gasteiger partial charge on any atom is -0.496 e. The molecule has 1 N–H and O–H groups in total. The Morgan fingerprint density at radius 3 is 2.89 bits per heavy atom. The zero-order chi connectivity index (χ0) is 13.1.